The third-order valence-corrected chi connectivity index (χ3v) is 4.90. The van der Waals surface area contributed by atoms with E-state index in [0.29, 0.717) is 0 Å². The van der Waals surface area contributed by atoms with Gasteiger partial charge in [-0.25, -0.2) is 4.98 Å². The molecule has 0 aliphatic carbocycles. The third kappa shape index (κ3) is 3.36. The highest BCUT2D eigenvalue weighted by Gasteiger charge is 2.10. The lowest BCUT2D eigenvalue weighted by molar-refractivity contribution is 0.415. The summed E-state index contributed by atoms with van der Waals surface area (Å²) in [5, 5.41) is 4.49. The molecule has 6 nitrogen and oxygen atoms in total. The number of ether oxygens (including phenoxy) is 1. The van der Waals surface area contributed by atoms with E-state index in [4.69, 9.17) is 4.74 Å². The van der Waals surface area contributed by atoms with Gasteiger partial charge < -0.3 is 4.74 Å². The Bertz CT molecular complexity index is 1260. The maximum atomic E-state index is 5.25. The molecular weight excluding hydrogens is 362 g/mol. The van der Waals surface area contributed by atoms with Crippen molar-refractivity contribution in [2.24, 2.45) is 0 Å². The second-order valence-corrected chi connectivity index (χ2v) is 6.78. The Morgan fingerprint density at radius 1 is 0.828 bits per heavy atom. The zero-order valence-corrected chi connectivity index (χ0v) is 15.9. The molecule has 0 N–H and O–H groups in total. The molecule has 0 saturated heterocycles. The number of methoxy groups -OCH3 is 1. The van der Waals surface area contributed by atoms with E-state index in [-0.39, 0.29) is 0 Å². The van der Waals surface area contributed by atoms with Crippen LogP contribution in [0.5, 0.6) is 5.75 Å². The van der Waals surface area contributed by atoms with Gasteiger partial charge in [-0.2, -0.15) is 5.10 Å². The van der Waals surface area contributed by atoms with E-state index in [2.05, 4.69) is 31.6 Å². The van der Waals surface area contributed by atoms with Crippen LogP contribution in [0.3, 0.4) is 0 Å². The van der Waals surface area contributed by atoms with Crippen LogP contribution in [0.15, 0.2) is 85.6 Å². The molecule has 0 amide bonds. The lowest BCUT2D eigenvalue weighted by atomic mass is 10.1. The minimum atomic E-state index is 0.727. The fourth-order valence-corrected chi connectivity index (χ4v) is 3.37. The normalized spacial score (nSPS) is 11.1. The second-order valence-electron chi connectivity index (χ2n) is 6.78. The predicted molar refractivity (Wildman–Crippen MR) is 112 cm³/mol. The third-order valence-electron chi connectivity index (χ3n) is 4.90. The van der Waals surface area contributed by atoms with Crippen molar-refractivity contribution in [3.8, 4) is 28.3 Å². The fourth-order valence-electron chi connectivity index (χ4n) is 3.37. The van der Waals surface area contributed by atoms with Gasteiger partial charge in [-0.05, 0) is 29.8 Å². The molecule has 0 spiro atoms. The van der Waals surface area contributed by atoms with Crippen LogP contribution in [0.25, 0.3) is 28.2 Å². The monoisotopic (exact) mass is 381 g/mol. The molecule has 2 aromatic carbocycles. The Morgan fingerprint density at radius 3 is 2.45 bits per heavy atom. The highest BCUT2D eigenvalue weighted by molar-refractivity contribution is 5.66. The standard InChI is InChI=1S/C23H19N5O/c1-29-20-9-7-18(8-10-20)22-12-25-23-13-24-21(16-28(22)23)19-11-26-27(15-19)14-17-5-3-2-4-6-17/h2-13,15-16H,14H2,1H3. The van der Waals surface area contributed by atoms with E-state index in [9.17, 15) is 0 Å². The lowest BCUT2D eigenvalue weighted by Crippen LogP contribution is -1.99. The van der Waals surface area contributed by atoms with E-state index in [0.717, 1.165) is 40.5 Å². The number of aromatic nitrogens is 5. The average molecular weight is 381 g/mol. The van der Waals surface area contributed by atoms with Gasteiger partial charge in [0.05, 0.1) is 43.6 Å². The molecule has 3 heterocycles. The molecule has 3 aromatic heterocycles. The van der Waals surface area contributed by atoms with E-state index >= 15 is 0 Å². The zero-order valence-electron chi connectivity index (χ0n) is 15.9. The summed E-state index contributed by atoms with van der Waals surface area (Å²) in [5.41, 5.74) is 5.90. The number of benzene rings is 2. The number of rotatable bonds is 5. The lowest BCUT2D eigenvalue weighted by Gasteiger charge is -2.05. The van der Waals surface area contributed by atoms with E-state index in [1.807, 2.05) is 71.9 Å². The van der Waals surface area contributed by atoms with Crippen molar-refractivity contribution in [1.29, 1.82) is 0 Å². The Kier molecular flexibility index (Phi) is 4.29. The quantitative estimate of drug-likeness (QED) is 0.455. The molecule has 5 rings (SSSR count). The van der Waals surface area contributed by atoms with Gasteiger partial charge in [0.15, 0.2) is 5.65 Å². The van der Waals surface area contributed by atoms with Gasteiger partial charge in [0.25, 0.3) is 0 Å². The topological polar surface area (TPSA) is 57.2 Å². The molecule has 29 heavy (non-hydrogen) atoms. The maximum Gasteiger partial charge on any atom is 0.155 e. The first-order chi connectivity index (χ1) is 14.3. The van der Waals surface area contributed by atoms with Crippen molar-refractivity contribution in [3.05, 3.63) is 91.1 Å². The Morgan fingerprint density at radius 2 is 1.66 bits per heavy atom. The van der Waals surface area contributed by atoms with Crippen LogP contribution in [0, 0.1) is 0 Å². The van der Waals surface area contributed by atoms with Gasteiger partial charge >= 0.3 is 0 Å². The summed E-state index contributed by atoms with van der Waals surface area (Å²) >= 11 is 0. The molecule has 0 radical (unpaired) electrons. The first-order valence-corrected chi connectivity index (χ1v) is 9.34. The van der Waals surface area contributed by atoms with E-state index < -0.39 is 0 Å². The predicted octanol–water partition coefficient (Wildman–Crippen LogP) is 4.32. The van der Waals surface area contributed by atoms with E-state index in [1.165, 1.54) is 5.56 Å². The molecule has 6 heteroatoms. The first kappa shape index (κ1) is 17.2. The molecule has 5 aromatic rings. The van der Waals surface area contributed by atoms with Crippen molar-refractivity contribution in [1.82, 2.24) is 24.1 Å². The van der Waals surface area contributed by atoms with Crippen molar-refractivity contribution in [3.63, 3.8) is 0 Å². The SMILES string of the molecule is COc1ccc(-c2cnc3cnc(-c4cnn(Cc5ccccc5)c4)cn23)cc1. The van der Waals surface area contributed by atoms with Crippen LogP contribution >= 0.6 is 0 Å². The van der Waals surface area contributed by atoms with Gasteiger partial charge in [-0.3, -0.25) is 14.1 Å². The number of fused-ring (bicyclic) bond motifs is 1. The van der Waals surface area contributed by atoms with Gasteiger partial charge in [0.1, 0.15) is 5.75 Å². The molecular formula is C23H19N5O. The minimum absolute atomic E-state index is 0.727. The van der Waals surface area contributed by atoms with Crippen LogP contribution in [0.2, 0.25) is 0 Å². The van der Waals surface area contributed by atoms with Crippen molar-refractivity contribution in [2.45, 2.75) is 6.54 Å². The fraction of sp³-hybridized carbons (Fsp3) is 0.0870. The molecule has 0 saturated carbocycles. The molecule has 0 aliphatic heterocycles. The van der Waals surface area contributed by atoms with Crippen molar-refractivity contribution in [2.75, 3.05) is 7.11 Å². The molecule has 0 atom stereocenters. The summed E-state index contributed by atoms with van der Waals surface area (Å²) in [7, 11) is 1.67. The highest BCUT2D eigenvalue weighted by atomic mass is 16.5. The molecule has 0 fully saturated rings. The van der Waals surface area contributed by atoms with Crippen LogP contribution < -0.4 is 4.74 Å². The smallest absolute Gasteiger partial charge is 0.155 e. The number of nitrogens with zero attached hydrogens (tertiary/aromatic N) is 5. The van der Waals surface area contributed by atoms with Crippen molar-refractivity contribution >= 4 is 5.65 Å². The van der Waals surface area contributed by atoms with Crippen LogP contribution in [-0.2, 0) is 6.54 Å². The Hall–Kier alpha value is -3.93. The molecule has 142 valence electrons. The summed E-state index contributed by atoms with van der Waals surface area (Å²) < 4.78 is 9.23. The first-order valence-electron chi connectivity index (χ1n) is 9.34. The minimum Gasteiger partial charge on any atom is -0.497 e. The Labute approximate surface area is 168 Å². The summed E-state index contributed by atoms with van der Waals surface area (Å²) in [5.74, 6) is 0.829. The van der Waals surface area contributed by atoms with Gasteiger partial charge in [-0.15, -0.1) is 0 Å². The zero-order chi connectivity index (χ0) is 19.6. The summed E-state index contributed by atoms with van der Waals surface area (Å²) in [4.78, 5) is 9.06. The van der Waals surface area contributed by atoms with Crippen molar-refractivity contribution < 1.29 is 4.74 Å². The molecule has 0 unspecified atom stereocenters. The summed E-state index contributed by atoms with van der Waals surface area (Å²) in [6.45, 7) is 0.727. The molecule has 0 aliphatic rings. The summed E-state index contributed by atoms with van der Waals surface area (Å²) in [6, 6.07) is 18.2. The largest absolute Gasteiger partial charge is 0.497 e. The van der Waals surface area contributed by atoms with E-state index in [1.54, 1.807) is 13.3 Å². The highest BCUT2D eigenvalue weighted by Crippen LogP contribution is 2.25. The van der Waals surface area contributed by atoms with Crippen LogP contribution in [-0.4, -0.2) is 31.3 Å². The number of hydrogen-bond acceptors (Lipinski definition) is 4. The number of imidazole rings is 1. The van der Waals surface area contributed by atoms with Gasteiger partial charge in [-0.1, -0.05) is 30.3 Å². The Balaban J connectivity index is 1.48. The number of hydrogen-bond donors (Lipinski definition) is 0. The van der Waals surface area contributed by atoms with Crippen LogP contribution in [0.4, 0.5) is 0 Å². The van der Waals surface area contributed by atoms with Gasteiger partial charge in [0, 0.05) is 23.5 Å². The second kappa shape index (κ2) is 7.24. The van der Waals surface area contributed by atoms with Crippen LogP contribution in [0.1, 0.15) is 5.56 Å². The average Bonchev–Trinajstić information content (AvgIpc) is 3.41. The van der Waals surface area contributed by atoms with Gasteiger partial charge in [0.2, 0.25) is 0 Å². The molecule has 0 bridgehead atoms. The summed E-state index contributed by atoms with van der Waals surface area (Å²) in [6.07, 6.45) is 9.52. The maximum absolute atomic E-state index is 5.25.